The largest absolute Gasteiger partial charge is 0.394 e. The van der Waals surface area contributed by atoms with E-state index in [1.165, 1.54) is 4.90 Å². The van der Waals surface area contributed by atoms with Gasteiger partial charge in [-0.3, -0.25) is 0 Å². The first-order valence-electron chi connectivity index (χ1n) is 5.18. The van der Waals surface area contributed by atoms with Gasteiger partial charge >= 0.3 is 6.03 Å². The second-order valence-electron chi connectivity index (χ2n) is 3.54. The molecule has 86 valence electrons. The lowest BCUT2D eigenvalue weighted by Gasteiger charge is -2.23. The molecule has 1 atom stereocenters. The molecule has 0 saturated carbocycles. The summed E-state index contributed by atoms with van der Waals surface area (Å²) in [7, 11) is 1.66. The van der Waals surface area contributed by atoms with Gasteiger partial charge in [0.15, 0.2) is 0 Å². The molecule has 0 aromatic heterocycles. The lowest BCUT2D eigenvalue weighted by atomic mass is 10.2. The number of nitrogens with one attached hydrogen (secondary N) is 1. The maximum atomic E-state index is 11.4. The van der Waals surface area contributed by atoms with Crippen LogP contribution >= 0.6 is 0 Å². The van der Waals surface area contributed by atoms with Crippen molar-refractivity contribution in [3.05, 3.63) is 0 Å². The van der Waals surface area contributed by atoms with E-state index in [9.17, 15) is 4.79 Å². The molecule has 0 aliphatic heterocycles. The Labute approximate surface area is 91.7 Å². The van der Waals surface area contributed by atoms with Crippen LogP contribution in [-0.2, 0) is 0 Å². The van der Waals surface area contributed by atoms with Crippen LogP contribution in [0.5, 0.6) is 0 Å². The Kier molecular flexibility index (Phi) is 7.47. The summed E-state index contributed by atoms with van der Waals surface area (Å²) >= 11 is 0. The summed E-state index contributed by atoms with van der Waals surface area (Å²) in [4.78, 5) is 12.9. The number of aliphatic hydroxyl groups is 1. The summed E-state index contributed by atoms with van der Waals surface area (Å²) in [5.74, 6) is 2.55. The van der Waals surface area contributed by atoms with Crippen molar-refractivity contribution >= 4 is 6.03 Å². The minimum atomic E-state index is -0.157. The highest BCUT2D eigenvalue weighted by Gasteiger charge is 2.13. The van der Waals surface area contributed by atoms with Gasteiger partial charge in [0.25, 0.3) is 0 Å². The number of hydrogen-bond donors (Lipinski definition) is 2. The highest BCUT2D eigenvalue weighted by atomic mass is 16.3. The summed E-state index contributed by atoms with van der Waals surface area (Å²) < 4.78 is 0. The highest BCUT2D eigenvalue weighted by molar-refractivity contribution is 5.74. The third-order valence-electron chi connectivity index (χ3n) is 2.27. The Hall–Kier alpha value is -1.21. The molecule has 0 aliphatic rings. The maximum absolute atomic E-state index is 11.4. The van der Waals surface area contributed by atoms with Gasteiger partial charge in [-0.05, 0) is 19.8 Å². The van der Waals surface area contributed by atoms with E-state index < -0.39 is 0 Å². The Morgan fingerprint density at radius 3 is 2.80 bits per heavy atom. The molecule has 0 heterocycles. The predicted octanol–water partition coefficient (Wildman–Crippen LogP) is 0.812. The van der Waals surface area contributed by atoms with Gasteiger partial charge in [-0.2, -0.15) is 0 Å². The van der Waals surface area contributed by atoms with Crippen molar-refractivity contribution in [2.45, 2.75) is 32.2 Å². The number of terminal acetylenes is 1. The number of nitrogens with zero attached hydrogens (tertiary/aromatic N) is 1. The first-order valence-corrected chi connectivity index (χ1v) is 5.18. The van der Waals surface area contributed by atoms with E-state index in [4.69, 9.17) is 11.5 Å². The molecule has 0 rings (SSSR count). The number of rotatable bonds is 6. The molecule has 4 heteroatoms. The normalized spacial score (nSPS) is 11.6. The molecular weight excluding hydrogens is 192 g/mol. The molecule has 0 saturated heterocycles. The highest BCUT2D eigenvalue weighted by Crippen LogP contribution is 1.96. The van der Waals surface area contributed by atoms with Crippen molar-refractivity contribution in [3.63, 3.8) is 0 Å². The van der Waals surface area contributed by atoms with Crippen LogP contribution < -0.4 is 5.32 Å². The van der Waals surface area contributed by atoms with Crippen LogP contribution in [0.4, 0.5) is 4.79 Å². The van der Waals surface area contributed by atoms with Gasteiger partial charge in [-0.25, -0.2) is 4.79 Å². The minimum Gasteiger partial charge on any atom is -0.394 e. The fraction of sp³-hybridized carbons (Fsp3) is 0.727. The zero-order chi connectivity index (χ0) is 11.7. The molecule has 0 bridgehead atoms. The smallest absolute Gasteiger partial charge is 0.317 e. The van der Waals surface area contributed by atoms with E-state index >= 15 is 0 Å². The van der Waals surface area contributed by atoms with Crippen LogP contribution in [0.2, 0.25) is 0 Å². The first kappa shape index (κ1) is 13.8. The van der Waals surface area contributed by atoms with Crippen LogP contribution in [0.3, 0.4) is 0 Å². The molecule has 0 spiro atoms. The Morgan fingerprint density at radius 2 is 2.27 bits per heavy atom. The van der Waals surface area contributed by atoms with Gasteiger partial charge in [-0.1, -0.05) is 0 Å². The zero-order valence-electron chi connectivity index (χ0n) is 9.49. The summed E-state index contributed by atoms with van der Waals surface area (Å²) in [6.45, 7) is 2.39. The molecule has 0 radical (unpaired) electrons. The zero-order valence-corrected chi connectivity index (χ0v) is 9.49. The number of urea groups is 1. The molecule has 4 nitrogen and oxygen atoms in total. The number of hydrogen-bond acceptors (Lipinski definition) is 2. The first-order chi connectivity index (χ1) is 7.13. The third kappa shape index (κ3) is 5.97. The van der Waals surface area contributed by atoms with E-state index in [0.29, 0.717) is 6.54 Å². The molecule has 0 aromatic rings. The van der Waals surface area contributed by atoms with Crippen LogP contribution in [0.1, 0.15) is 26.2 Å². The van der Waals surface area contributed by atoms with Gasteiger partial charge in [-0.15, -0.1) is 12.3 Å². The Balaban J connectivity index is 3.61. The van der Waals surface area contributed by atoms with Gasteiger partial charge in [0, 0.05) is 20.0 Å². The molecule has 0 fully saturated rings. The van der Waals surface area contributed by atoms with Crippen molar-refractivity contribution in [2.24, 2.45) is 0 Å². The molecule has 15 heavy (non-hydrogen) atoms. The van der Waals surface area contributed by atoms with E-state index in [1.54, 1.807) is 14.0 Å². The molecular formula is C11H20N2O2. The van der Waals surface area contributed by atoms with Gasteiger partial charge in [0.2, 0.25) is 0 Å². The predicted molar refractivity (Wildman–Crippen MR) is 60.4 cm³/mol. The number of aliphatic hydroxyl groups excluding tert-OH is 1. The molecule has 2 N–H and O–H groups in total. The lowest BCUT2D eigenvalue weighted by Crippen LogP contribution is -2.44. The van der Waals surface area contributed by atoms with Crippen molar-refractivity contribution in [2.75, 3.05) is 20.2 Å². The van der Waals surface area contributed by atoms with Crippen LogP contribution in [-0.4, -0.2) is 42.3 Å². The number of carbonyl (C=O) groups excluding carboxylic acids is 1. The summed E-state index contributed by atoms with van der Waals surface area (Å²) in [6, 6.07) is -0.312. The second kappa shape index (κ2) is 8.13. The summed E-state index contributed by atoms with van der Waals surface area (Å²) in [5, 5.41) is 11.6. The monoisotopic (exact) mass is 212 g/mol. The Bertz CT molecular complexity index is 223. The van der Waals surface area contributed by atoms with Crippen LogP contribution in [0, 0.1) is 12.3 Å². The third-order valence-corrected chi connectivity index (χ3v) is 2.27. The molecule has 1 unspecified atom stereocenters. The van der Waals surface area contributed by atoms with E-state index in [-0.39, 0.29) is 18.7 Å². The second-order valence-corrected chi connectivity index (χ2v) is 3.54. The van der Waals surface area contributed by atoms with Crippen molar-refractivity contribution in [3.8, 4) is 12.3 Å². The van der Waals surface area contributed by atoms with E-state index in [2.05, 4.69) is 11.2 Å². The average molecular weight is 212 g/mol. The SMILES string of the molecule is C#CCCCCNC(=O)N(C)C(C)CO. The summed E-state index contributed by atoms with van der Waals surface area (Å²) in [5.41, 5.74) is 0. The van der Waals surface area contributed by atoms with Crippen LogP contribution in [0.15, 0.2) is 0 Å². The Morgan fingerprint density at radius 1 is 1.60 bits per heavy atom. The minimum absolute atomic E-state index is 0.0268. The maximum Gasteiger partial charge on any atom is 0.317 e. The topological polar surface area (TPSA) is 52.6 Å². The number of likely N-dealkylation sites (N-methyl/N-ethyl adjacent to an activating group) is 1. The molecule has 0 aliphatic carbocycles. The average Bonchev–Trinajstić information content (AvgIpc) is 2.26. The molecule has 2 amide bonds. The number of carbonyl (C=O) groups is 1. The lowest BCUT2D eigenvalue weighted by molar-refractivity contribution is 0.157. The van der Waals surface area contributed by atoms with Gasteiger partial charge < -0.3 is 15.3 Å². The van der Waals surface area contributed by atoms with E-state index in [1.807, 2.05) is 0 Å². The van der Waals surface area contributed by atoms with Gasteiger partial charge in [0.1, 0.15) is 0 Å². The summed E-state index contributed by atoms with van der Waals surface area (Å²) in [6.07, 6.45) is 7.66. The van der Waals surface area contributed by atoms with Crippen molar-refractivity contribution in [1.29, 1.82) is 0 Å². The van der Waals surface area contributed by atoms with E-state index in [0.717, 1.165) is 19.3 Å². The van der Waals surface area contributed by atoms with Crippen molar-refractivity contribution in [1.82, 2.24) is 10.2 Å². The standard InChI is InChI=1S/C11H20N2O2/c1-4-5-6-7-8-12-11(15)13(3)10(2)9-14/h1,10,14H,5-9H2,2-3H3,(H,12,15). The van der Waals surface area contributed by atoms with Gasteiger partial charge in [0.05, 0.1) is 12.6 Å². The number of amides is 2. The van der Waals surface area contributed by atoms with Crippen molar-refractivity contribution < 1.29 is 9.90 Å². The fourth-order valence-corrected chi connectivity index (χ4v) is 0.995. The quantitative estimate of drug-likeness (QED) is 0.506. The fourth-order valence-electron chi connectivity index (χ4n) is 0.995. The van der Waals surface area contributed by atoms with Crippen LogP contribution in [0.25, 0.3) is 0 Å². The molecule has 0 aromatic carbocycles. The number of unbranched alkanes of at least 4 members (excludes halogenated alkanes) is 2.